The Morgan fingerprint density at radius 2 is 1.68 bits per heavy atom. The quantitative estimate of drug-likeness (QED) is 0.528. The molecule has 0 aliphatic rings. The van der Waals surface area contributed by atoms with Crippen LogP contribution in [0.1, 0.15) is 26.6 Å². The monoisotopic (exact) mass is 305 g/mol. The second-order valence-electron chi connectivity index (χ2n) is 3.78. The molecule has 8 heteroatoms. The van der Waals surface area contributed by atoms with Gasteiger partial charge in [0.05, 0.1) is 0 Å². The van der Waals surface area contributed by atoms with Crippen molar-refractivity contribution in [3.63, 3.8) is 0 Å². The van der Waals surface area contributed by atoms with Crippen LogP contribution < -0.4 is 0 Å². The zero-order chi connectivity index (χ0) is 14.1. The minimum Gasteiger partial charge on any atom is -0.374 e. The highest BCUT2D eigenvalue weighted by Gasteiger charge is 2.39. The Hall–Kier alpha value is -0.413. The normalized spacial score (nSPS) is 12.0. The van der Waals surface area contributed by atoms with Crippen molar-refractivity contribution < 1.29 is 13.3 Å². The highest BCUT2D eigenvalue weighted by atomic mass is 32.2. The third-order valence-corrected chi connectivity index (χ3v) is 6.57. The van der Waals surface area contributed by atoms with Crippen molar-refractivity contribution in [1.82, 2.24) is 15.2 Å². The van der Waals surface area contributed by atoms with E-state index in [1.807, 2.05) is 27.7 Å². The van der Waals surface area contributed by atoms with Crippen molar-refractivity contribution in [2.24, 2.45) is 0 Å². The van der Waals surface area contributed by atoms with E-state index in [-0.39, 0.29) is 0 Å². The van der Waals surface area contributed by atoms with E-state index < -0.39 is 8.80 Å². The number of nitrogens with one attached hydrogen (secondary N) is 1. The van der Waals surface area contributed by atoms with Crippen molar-refractivity contribution in [3.8, 4) is 0 Å². The van der Waals surface area contributed by atoms with E-state index in [9.17, 15) is 0 Å². The van der Waals surface area contributed by atoms with Crippen LogP contribution in [0, 0.1) is 6.92 Å². The molecule has 1 aromatic heterocycles. The van der Waals surface area contributed by atoms with Crippen LogP contribution >= 0.6 is 11.8 Å². The predicted molar refractivity (Wildman–Crippen MR) is 77.3 cm³/mol. The molecule has 0 aliphatic heterocycles. The summed E-state index contributed by atoms with van der Waals surface area (Å²) in [6.45, 7) is 9.60. The lowest BCUT2D eigenvalue weighted by Gasteiger charge is -2.28. The number of aromatic nitrogens is 3. The molecule has 6 nitrogen and oxygen atoms in total. The van der Waals surface area contributed by atoms with Gasteiger partial charge in [-0.2, -0.15) is 0 Å². The third-order valence-electron chi connectivity index (χ3n) is 2.31. The van der Waals surface area contributed by atoms with Gasteiger partial charge in [0.25, 0.3) is 0 Å². The lowest BCUT2D eigenvalue weighted by Crippen LogP contribution is -2.46. The SMILES string of the molecule is CCO[Si](CCSc1n[nH]c(C)n1)(OCC)OCC. The molecule has 1 N–H and O–H groups in total. The molecule has 0 spiro atoms. The van der Waals surface area contributed by atoms with E-state index >= 15 is 0 Å². The fourth-order valence-electron chi connectivity index (χ4n) is 1.66. The highest BCUT2D eigenvalue weighted by Crippen LogP contribution is 2.22. The maximum atomic E-state index is 5.79. The topological polar surface area (TPSA) is 69.3 Å². The van der Waals surface area contributed by atoms with E-state index in [2.05, 4.69) is 15.2 Å². The molecule has 0 bridgehead atoms. The molecule has 0 aromatic carbocycles. The Balaban J connectivity index is 2.50. The van der Waals surface area contributed by atoms with Crippen LogP contribution in [0.15, 0.2) is 5.16 Å². The van der Waals surface area contributed by atoms with Crippen molar-refractivity contribution in [2.75, 3.05) is 25.6 Å². The Kier molecular flexibility index (Phi) is 7.62. The minimum absolute atomic E-state index is 0.608. The van der Waals surface area contributed by atoms with E-state index in [1.165, 1.54) is 0 Å². The van der Waals surface area contributed by atoms with Crippen LogP contribution in [0.5, 0.6) is 0 Å². The van der Waals surface area contributed by atoms with Gasteiger partial charge in [0.2, 0.25) is 5.16 Å². The van der Waals surface area contributed by atoms with Gasteiger partial charge in [-0.3, -0.25) is 5.10 Å². The molecule has 0 fully saturated rings. The number of H-pyrrole nitrogens is 1. The maximum absolute atomic E-state index is 5.79. The first kappa shape index (κ1) is 16.6. The largest absolute Gasteiger partial charge is 0.501 e. The Labute approximate surface area is 120 Å². The molecule has 0 saturated heterocycles. The fraction of sp³-hybridized carbons (Fsp3) is 0.818. The molecule has 0 aliphatic carbocycles. The molecular formula is C11H23N3O3SSi. The molecular weight excluding hydrogens is 282 g/mol. The fourth-order valence-corrected chi connectivity index (χ4v) is 5.56. The first-order valence-corrected chi connectivity index (χ1v) is 9.51. The van der Waals surface area contributed by atoms with Gasteiger partial charge in [0.1, 0.15) is 5.82 Å². The van der Waals surface area contributed by atoms with E-state index in [0.717, 1.165) is 22.8 Å². The highest BCUT2D eigenvalue weighted by molar-refractivity contribution is 7.99. The van der Waals surface area contributed by atoms with Crippen LogP contribution in [0.2, 0.25) is 6.04 Å². The Morgan fingerprint density at radius 3 is 2.11 bits per heavy atom. The van der Waals surface area contributed by atoms with Crippen molar-refractivity contribution in [2.45, 2.75) is 38.9 Å². The summed E-state index contributed by atoms with van der Waals surface area (Å²) in [5.41, 5.74) is 0. The van der Waals surface area contributed by atoms with Crippen LogP contribution in [0.4, 0.5) is 0 Å². The standard InChI is InChI=1S/C11H23N3O3SSi/c1-5-15-19(16-6-2,17-7-3)9-8-18-11-12-10(4)13-14-11/h5-9H2,1-4H3,(H,12,13,14). The molecule has 1 heterocycles. The van der Waals surface area contributed by atoms with Gasteiger partial charge in [-0.25, -0.2) is 4.98 Å². The molecule has 1 aromatic rings. The molecule has 110 valence electrons. The summed E-state index contributed by atoms with van der Waals surface area (Å²) < 4.78 is 17.4. The first-order valence-electron chi connectivity index (χ1n) is 6.59. The van der Waals surface area contributed by atoms with Gasteiger partial charge >= 0.3 is 8.80 Å². The zero-order valence-electron chi connectivity index (χ0n) is 12.1. The average molecular weight is 305 g/mol. The minimum atomic E-state index is -2.53. The Bertz CT molecular complexity index is 348. The first-order chi connectivity index (χ1) is 9.15. The van der Waals surface area contributed by atoms with E-state index in [4.69, 9.17) is 13.3 Å². The molecule has 0 radical (unpaired) electrons. The van der Waals surface area contributed by atoms with Crippen molar-refractivity contribution in [1.29, 1.82) is 0 Å². The molecule has 0 unspecified atom stereocenters. The van der Waals surface area contributed by atoms with E-state index in [1.54, 1.807) is 11.8 Å². The average Bonchev–Trinajstić information content (AvgIpc) is 2.76. The lowest BCUT2D eigenvalue weighted by molar-refractivity contribution is 0.0728. The second-order valence-corrected chi connectivity index (χ2v) is 7.58. The molecule has 0 saturated carbocycles. The maximum Gasteiger partial charge on any atom is 0.501 e. The van der Waals surface area contributed by atoms with Gasteiger partial charge in [-0.1, -0.05) is 11.8 Å². The molecule has 0 atom stereocenters. The van der Waals surface area contributed by atoms with Crippen molar-refractivity contribution >= 4 is 20.6 Å². The number of aryl methyl sites for hydroxylation is 1. The number of rotatable bonds is 10. The smallest absolute Gasteiger partial charge is 0.374 e. The van der Waals surface area contributed by atoms with E-state index in [0.29, 0.717) is 19.8 Å². The summed E-state index contributed by atoms with van der Waals surface area (Å²) in [6, 6.07) is 0.765. The summed E-state index contributed by atoms with van der Waals surface area (Å²) >= 11 is 1.59. The third kappa shape index (κ3) is 5.61. The Morgan fingerprint density at radius 1 is 1.11 bits per heavy atom. The van der Waals surface area contributed by atoms with Gasteiger partial charge in [-0.15, -0.1) is 5.10 Å². The molecule has 19 heavy (non-hydrogen) atoms. The summed E-state index contributed by atoms with van der Waals surface area (Å²) in [6.07, 6.45) is 0. The van der Waals surface area contributed by atoms with Gasteiger partial charge < -0.3 is 13.3 Å². The van der Waals surface area contributed by atoms with Gasteiger partial charge in [-0.05, 0) is 27.7 Å². The summed E-state index contributed by atoms with van der Waals surface area (Å²) in [5, 5.41) is 7.68. The lowest BCUT2D eigenvalue weighted by atomic mass is 10.8. The van der Waals surface area contributed by atoms with Crippen LogP contribution in [0.3, 0.4) is 0 Å². The number of thioether (sulfide) groups is 1. The predicted octanol–water partition coefficient (Wildman–Crippen LogP) is 2.25. The summed E-state index contributed by atoms with van der Waals surface area (Å²) in [4.78, 5) is 4.26. The number of hydrogen-bond donors (Lipinski definition) is 1. The zero-order valence-corrected chi connectivity index (χ0v) is 13.9. The van der Waals surface area contributed by atoms with Gasteiger partial charge in [0, 0.05) is 31.6 Å². The number of nitrogens with zero attached hydrogens (tertiary/aromatic N) is 2. The molecule has 1 rings (SSSR count). The number of aromatic amines is 1. The second kappa shape index (κ2) is 8.70. The summed E-state index contributed by atoms with van der Waals surface area (Å²) in [5.74, 6) is 1.65. The van der Waals surface area contributed by atoms with Crippen LogP contribution in [-0.2, 0) is 13.3 Å². The molecule has 0 amide bonds. The number of hydrogen-bond acceptors (Lipinski definition) is 6. The van der Waals surface area contributed by atoms with Crippen LogP contribution in [0.25, 0.3) is 0 Å². The van der Waals surface area contributed by atoms with Gasteiger partial charge in [0.15, 0.2) is 0 Å². The van der Waals surface area contributed by atoms with Crippen molar-refractivity contribution in [3.05, 3.63) is 5.82 Å². The summed E-state index contributed by atoms with van der Waals surface area (Å²) in [7, 11) is -2.53. The van der Waals surface area contributed by atoms with Crippen LogP contribution in [-0.4, -0.2) is 49.6 Å².